The molecule has 0 aliphatic heterocycles. The predicted molar refractivity (Wildman–Crippen MR) is 79.1 cm³/mol. The minimum absolute atomic E-state index is 0.409. The minimum atomic E-state index is -4.08. The molecule has 1 heterocycles. The quantitative estimate of drug-likeness (QED) is 0.819. The molecule has 7 nitrogen and oxygen atoms in total. The van der Waals surface area contributed by atoms with Gasteiger partial charge in [-0.3, -0.25) is 0 Å². The van der Waals surface area contributed by atoms with Gasteiger partial charge in [0.1, 0.15) is 35.6 Å². The van der Waals surface area contributed by atoms with E-state index in [0.29, 0.717) is 6.07 Å². The monoisotopic (exact) mass is 356 g/mol. The Bertz CT molecular complexity index is 865. The lowest BCUT2D eigenvalue weighted by molar-refractivity contribution is 0.0111. The van der Waals surface area contributed by atoms with E-state index >= 15 is 0 Å². The molecule has 0 amide bonds. The Kier molecular flexibility index (Phi) is 4.96. The van der Waals surface area contributed by atoms with Crippen molar-refractivity contribution in [3.05, 3.63) is 48.1 Å². The molecule has 1 N–H and O–H groups in total. The SMILES string of the molecule is CC(C(O)(Cn1cncn1)c1ccc(F)cc1F)S(=O)(=O)CC#N. The van der Waals surface area contributed by atoms with Crippen molar-refractivity contribution in [3.63, 3.8) is 0 Å². The summed E-state index contributed by atoms with van der Waals surface area (Å²) in [4.78, 5) is 3.68. The topological polar surface area (TPSA) is 109 Å². The summed E-state index contributed by atoms with van der Waals surface area (Å²) in [5.41, 5.74) is -2.69. The second kappa shape index (κ2) is 6.62. The number of hydrogen-bond acceptors (Lipinski definition) is 6. The smallest absolute Gasteiger partial charge is 0.169 e. The highest BCUT2D eigenvalue weighted by Crippen LogP contribution is 2.33. The van der Waals surface area contributed by atoms with Crippen LogP contribution in [0.25, 0.3) is 0 Å². The van der Waals surface area contributed by atoms with Gasteiger partial charge in [0.2, 0.25) is 0 Å². The van der Waals surface area contributed by atoms with E-state index in [2.05, 4.69) is 10.1 Å². The highest BCUT2D eigenvalue weighted by molar-refractivity contribution is 7.92. The number of aliphatic hydroxyl groups is 1. The van der Waals surface area contributed by atoms with E-state index in [0.717, 1.165) is 30.1 Å². The van der Waals surface area contributed by atoms with Crippen molar-refractivity contribution in [2.75, 3.05) is 5.75 Å². The van der Waals surface area contributed by atoms with Gasteiger partial charge in [0.05, 0.1) is 17.9 Å². The molecule has 0 radical (unpaired) electrons. The normalized spacial score (nSPS) is 15.5. The van der Waals surface area contributed by atoms with Gasteiger partial charge in [-0.05, 0) is 13.0 Å². The van der Waals surface area contributed by atoms with Crippen LogP contribution in [0, 0.1) is 23.0 Å². The van der Waals surface area contributed by atoms with Gasteiger partial charge >= 0.3 is 0 Å². The molecule has 0 saturated heterocycles. The van der Waals surface area contributed by atoms with Crippen LogP contribution in [0.2, 0.25) is 0 Å². The molecule has 0 bridgehead atoms. The Hall–Kier alpha value is -2.38. The standard InChI is InChI=1S/C14H14F2N4O3S/c1-10(24(22,23)5-4-17)14(21,7-20-9-18-8-19-20)12-3-2-11(15)6-13(12)16/h2-3,6,8-10,21H,5,7H2,1H3. The Morgan fingerprint density at radius 3 is 2.71 bits per heavy atom. The first-order valence-electron chi connectivity index (χ1n) is 6.79. The minimum Gasteiger partial charge on any atom is -0.382 e. The molecule has 0 aliphatic carbocycles. The van der Waals surface area contributed by atoms with Crippen LogP contribution in [0.3, 0.4) is 0 Å². The molecule has 128 valence electrons. The number of benzene rings is 1. The molecule has 2 rings (SSSR count). The fraction of sp³-hybridized carbons (Fsp3) is 0.357. The summed E-state index contributed by atoms with van der Waals surface area (Å²) in [6.45, 7) is 0.716. The first-order valence-corrected chi connectivity index (χ1v) is 8.51. The predicted octanol–water partition coefficient (Wildman–Crippen LogP) is 0.771. The lowest BCUT2D eigenvalue weighted by Crippen LogP contribution is -2.47. The molecule has 10 heteroatoms. The van der Waals surface area contributed by atoms with Crippen LogP contribution in [0.4, 0.5) is 8.78 Å². The molecule has 2 unspecified atom stereocenters. The van der Waals surface area contributed by atoms with Crippen molar-refractivity contribution in [1.82, 2.24) is 14.8 Å². The van der Waals surface area contributed by atoms with Crippen molar-refractivity contribution in [1.29, 1.82) is 5.26 Å². The van der Waals surface area contributed by atoms with Gasteiger partial charge in [0.15, 0.2) is 9.84 Å². The number of hydrogen-bond donors (Lipinski definition) is 1. The number of rotatable bonds is 6. The van der Waals surface area contributed by atoms with Crippen LogP contribution in [0.15, 0.2) is 30.9 Å². The number of sulfone groups is 1. The van der Waals surface area contributed by atoms with Crippen molar-refractivity contribution >= 4 is 9.84 Å². The lowest BCUT2D eigenvalue weighted by atomic mass is 9.90. The number of nitriles is 1. The summed E-state index contributed by atoms with van der Waals surface area (Å²) in [7, 11) is -4.08. The molecule has 0 aliphatic rings. The molecule has 0 saturated carbocycles. The van der Waals surface area contributed by atoms with Crippen molar-refractivity contribution in [3.8, 4) is 6.07 Å². The van der Waals surface area contributed by atoms with E-state index in [1.54, 1.807) is 0 Å². The first-order chi connectivity index (χ1) is 11.2. The van der Waals surface area contributed by atoms with Crippen LogP contribution in [-0.2, 0) is 22.0 Å². The second-order valence-electron chi connectivity index (χ2n) is 5.25. The molecular weight excluding hydrogens is 342 g/mol. The van der Waals surface area contributed by atoms with Crippen LogP contribution in [0.5, 0.6) is 0 Å². The number of halogens is 2. The average molecular weight is 356 g/mol. The molecular formula is C14H14F2N4O3S. The third-order valence-electron chi connectivity index (χ3n) is 3.74. The van der Waals surface area contributed by atoms with Crippen molar-refractivity contribution in [2.24, 2.45) is 0 Å². The zero-order chi connectivity index (χ0) is 18.0. The van der Waals surface area contributed by atoms with Gasteiger partial charge in [-0.2, -0.15) is 10.4 Å². The Morgan fingerprint density at radius 2 is 2.17 bits per heavy atom. The highest BCUT2D eigenvalue weighted by Gasteiger charge is 2.45. The van der Waals surface area contributed by atoms with Crippen LogP contribution >= 0.6 is 0 Å². The Labute approximate surface area is 137 Å². The molecule has 2 atom stereocenters. The summed E-state index contributed by atoms with van der Waals surface area (Å²) >= 11 is 0. The lowest BCUT2D eigenvalue weighted by Gasteiger charge is -2.33. The van der Waals surface area contributed by atoms with Gasteiger partial charge in [0, 0.05) is 11.6 Å². The molecule has 1 aromatic carbocycles. The summed E-state index contributed by atoms with van der Waals surface area (Å²) < 4.78 is 53.0. The summed E-state index contributed by atoms with van der Waals surface area (Å²) in [6, 6.07) is 3.94. The summed E-state index contributed by atoms with van der Waals surface area (Å²) in [5, 5.41) is 21.9. The fourth-order valence-corrected chi connectivity index (χ4v) is 3.57. The molecule has 0 fully saturated rings. The van der Waals surface area contributed by atoms with Crippen molar-refractivity contribution < 1.29 is 22.3 Å². The molecule has 1 aromatic heterocycles. The van der Waals surface area contributed by atoms with E-state index in [4.69, 9.17) is 5.26 Å². The zero-order valence-corrected chi connectivity index (χ0v) is 13.4. The van der Waals surface area contributed by atoms with Gasteiger partial charge in [-0.25, -0.2) is 26.9 Å². The van der Waals surface area contributed by atoms with Crippen LogP contribution in [0.1, 0.15) is 12.5 Å². The number of aromatic nitrogens is 3. The molecule has 2 aromatic rings. The van der Waals surface area contributed by atoms with E-state index in [1.165, 1.54) is 12.4 Å². The largest absolute Gasteiger partial charge is 0.382 e. The van der Waals surface area contributed by atoms with E-state index in [-0.39, 0.29) is 0 Å². The molecule has 0 spiro atoms. The maximum atomic E-state index is 14.2. The Morgan fingerprint density at radius 1 is 1.46 bits per heavy atom. The maximum Gasteiger partial charge on any atom is 0.169 e. The average Bonchev–Trinajstić information content (AvgIpc) is 2.98. The van der Waals surface area contributed by atoms with Gasteiger partial charge in [-0.1, -0.05) is 6.07 Å². The summed E-state index contributed by atoms with van der Waals surface area (Å²) in [6.07, 6.45) is 2.38. The Balaban J connectivity index is 2.59. The van der Waals surface area contributed by atoms with E-state index < -0.39 is 50.2 Å². The third kappa shape index (κ3) is 3.42. The zero-order valence-electron chi connectivity index (χ0n) is 12.6. The van der Waals surface area contributed by atoms with E-state index in [9.17, 15) is 22.3 Å². The second-order valence-corrected chi connectivity index (χ2v) is 7.57. The maximum absolute atomic E-state index is 14.2. The van der Waals surface area contributed by atoms with Crippen LogP contribution in [-0.4, -0.2) is 39.3 Å². The third-order valence-corrected chi connectivity index (χ3v) is 5.74. The molecule has 24 heavy (non-hydrogen) atoms. The van der Waals surface area contributed by atoms with Crippen LogP contribution < -0.4 is 0 Å². The van der Waals surface area contributed by atoms with Crippen molar-refractivity contribution in [2.45, 2.75) is 24.3 Å². The fourth-order valence-electron chi connectivity index (χ4n) is 2.35. The van der Waals surface area contributed by atoms with Gasteiger partial charge in [0.25, 0.3) is 0 Å². The number of nitrogens with zero attached hydrogens (tertiary/aromatic N) is 4. The summed E-state index contributed by atoms with van der Waals surface area (Å²) in [5.74, 6) is -2.82. The highest BCUT2D eigenvalue weighted by atomic mass is 32.2. The first kappa shape index (κ1) is 18.0. The van der Waals surface area contributed by atoms with Gasteiger partial charge in [-0.15, -0.1) is 0 Å². The van der Waals surface area contributed by atoms with Gasteiger partial charge < -0.3 is 5.11 Å². The van der Waals surface area contributed by atoms with E-state index in [1.807, 2.05) is 0 Å².